The molecule has 108 valence electrons. The second-order valence-electron chi connectivity index (χ2n) is 5.28. The Labute approximate surface area is 123 Å². The van der Waals surface area contributed by atoms with Crippen LogP contribution in [0.5, 0.6) is 5.75 Å². The Kier molecular flexibility index (Phi) is 3.29. The fourth-order valence-corrected chi connectivity index (χ4v) is 3.01. The first-order valence-electron chi connectivity index (χ1n) is 6.96. The number of carbonyl (C=O) groups is 1. The maximum absolute atomic E-state index is 12.2. The molecule has 4 nitrogen and oxygen atoms in total. The molecule has 4 heteroatoms. The molecule has 1 unspecified atom stereocenters. The van der Waals surface area contributed by atoms with E-state index in [0.717, 1.165) is 23.4 Å². The molecule has 1 atom stereocenters. The largest absolute Gasteiger partial charge is 0.497 e. The van der Waals surface area contributed by atoms with Crippen LogP contribution in [-0.4, -0.2) is 13.0 Å². The average molecular weight is 282 g/mol. The molecule has 0 saturated heterocycles. The Hall–Kier alpha value is -2.49. The summed E-state index contributed by atoms with van der Waals surface area (Å²) in [5, 5.41) is 3.33. The van der Waals surface area contributed by atoms with Crippen molar-refractivity contribution < 1.29 is 9.53 Å². The summed E-state index contributed by atoms with van der Waals surface area (Å²) in [7, 11) is 1.62. The summed E-state index contributed by atoms with van der Waals surface area (Å²) in [6.45, 7) is 0. The molecule has 0 aromatic heterocycles. The maximum atomic E-state index is 12.2. The first-order chi connectivity index (χ1) is 10.2. The van der Waals surface area contributed by atoms with Gasteiger partial charge in [0.2, 0.25) is 5.91 Å². The molecule has 0 bridgehead atoms. The van der Waals surface area contributed by atoms with Crippen molar-refractivity contribution in [2.45, 2.75) is 18.4 Å². The van der Waals surface area contributed by atoms with Crippen LogP contribution in [-0.2, 0) is 16.8 Å². The van der Waals surface area contributed by atoms with E-state index in [1.165, 1.54) is 5.56 Å². The van der Waals surface area contributed by atoms with Gasteiger partial charge in [0, 0.05) is 11.8 Å². The van der Waals surface area contributed by atoms with E-state index in [4.69, 9.17) is 10.5 Å². The Balaban J connectivity index is 2.02. The zero-order valence-electron chi connectivity index (χ0n) is 11.9. The van der Waals surface area contributed by atoms with Crippen LogP contribution in [0.4, 0.5) is 5.69 Å². The van der Waals surface area contributed by atoms with Crippen LogP contribution < -0.4 is 15.8 Å². The summed E-state index contributed by atoms with van der Waals surface area (Å²) in [4.78, 5) is 12.2. The second-order valence-corrected chi connectivity index (χ2v) is 5.28. The number of hydrogen-bond donors (Lipinski definition) is 2. The average Bonchev–Trinajstić information content (AvgIpc) is 2.88. The molecular weight excluding hydrogens is 264 g/mol. The SMILES string of the molecule is COc1cccc(NC2(C(N)=O)CCc3ccccc32)c1. The van der Waals surface area contributed by atoms with Crippen molar-refractivity contribution in [3.05, 3.63) is 59.7 Å². The van der Waals surface area contributed by atoms with Crippen LogP contribution in [0.2, 0.25) is 0 Å². The van der Waals surface area contributed by atoms with Gasteiger partial charge in [0.25, 0.3) is 0 Å². The highest BCUT2D eigenvalue weighted by Crippen LogP contribution is 2.39. The van der Waals surface area contributed by atoms with Gasteiger partial charge in [0.05, 0.1) is 7.11 Å². The van der Waals surface area contributed by atoms with Crippen LogP contribution >= 0.6 is 0 Å². The third-order valence-electron chi connectivity index (χ3n) is 4.09. The number of rotatable bonds is 4. The Morgan fingerprint density at radius 3 is 2.81 bits per heavy atom. The van der Waals surface area contributed by atoms with E-state index in [0.29, 0.717) is 6.42 Å². The van der Waals surface area contributed by atoms with Crippen molar-refractivity contribution in [3.8, 4) is 5.75 Å². The van der Waals surface area contributed by atoms with E-state index in [2.05, 4.69) is 5.32 Å². The fraction of sp³-hybridized carbons (Fsp3) is 0.235. The first-order valence-corrected chi connectivity index (χ1v) is 6.96. The van der Waals surface area contributed by atoms with Gasteiger partial charge in [-0.15, -0.1) is 0 Å². The van der Waals surface area contributed by atoms with Crippen LogP contribution in [0.25, 0.3) is 0 Å². The quantitative estimate of drug-likeness (QED) is 0.905. The molecule has 1 aliphatic rings. The molecule has 0 fully saturated rings. The predicted molar refractivity (Wildman–Crippen MR) is 82.3 cm³/mol. The van der Waals surface area contributed by atoms with Crippen molar-refractivity contribution in [2.75, 3.05) is 12.4 Å². The van der Waals surface area contributed by atoms with E-state index in [1.54, 1.807) is 7.11 Å². The lowest BCUT2D eigenvalue weighted by molar-refractivity contribution is -0.122. The van der Waals surface area contributed by atoms with Gasteiger partial charge in [0.1, 0.15) is 11.3 Å². The molecule has 3 rings (SSSR count). The number of amides is 1. The summed E-state index contributed by atoms with van der Waals surface area (Å²) < 4.78 is 5.23. The number of fused-ring (bicyclic) bond motifs is 1. The topological polar surface area (TPSA) is 64.3 Å². The van der Waals surface area contributed by atoms with Gasteiger partial charge in [-0.25, -0.2) is 0 Å². The molecular formula is C17H18N2O2. The Bertz CT molecular complexity index is 684. The normalized spacial score (nSPS) is 19.9. The third-order valence-corrected chi connectivity index (χ3v) is 4.09. The number of anilines is 1. The molecule has 1 amide bonds. The summed E-state index contributed by atoms with van der Waals surface area (Å²) in [6.07, 6.45) is 1.51. The number of nitrogens with two attached hydrogens (primary N) is 1. The molecule has 0 spiro atoms. The van der Waals surface area contributed by atoms with Gasteiger partial charge in [-0.05, 0) is 36.1 Å². The maximum Gasteiger partial charge on any atom is 0.247 e. The smallest absolute Gasteiger partial charge is 0.247 e. The number of methoxy groups -OCH3 is 1. The van der Waals surface area contributed by atoms with Gasteiger partial charge in [0.15, 0.2) is 0 Å². The van der Waals surface area contributed by atoms with Gasteiger partial charge in [-0.1, -0.05) is 30.3 Å². The highest BCUT2D eigenvalue weighted by atomic mass is 16.5. The summed E-state index contributed by atoms with van der Waals surface area (Å²) >= 11 is 0. The highest BCUT2D eigenvalue weighted by molar-refractivity contribution is 5.91. The lowest BCUT2D eigenvalue weighted by atomic mass is 9.90. The highest BCUT2D eigenvalue weighted by Gasteiger charge is 2.43. The van der Waals surface area contributed by atoms with E-state index < -0.39 is 5.54 Å². The van der Waals surface area contributed by atoms with Crippen molar-refractivity contribution >= 4 is 11.6 Å². The number of aryl methyl sites for hydroxylation is 1. The number of primary amides is 1. The number of ether oxygens (including phenoxy) is 1. The predicted octanol–water partition coefficient (Wildman–Crippen LogP) is 2.43. The van der Waals surface area contributed by atoms with Crippen LogP contribution in [0.3, 0.4) is 0 Å². The van der Waals surface area contributed by atoms with Gasteiger partial charge in [-0.3, -0.25) is 4.79 Å². The second kappa shape index (κ2) is 5.13. The molecule has 1 aliphatic carbocycles. The molecule has 3 N–H and O–H groups in total. The van der Waals surface area contributed by atoms with Crippen molar-refractivity contribution in [3.63, 3.8) is 0 Å². The van der Waals surface area contributed by atoms with Crippen molar-refractivity contribution in [2.24, 2.45) is 5.73 Å². The minimum absolute atomic E-state index is 0.352. The number of carbonyl (C=O) groups excluding carboxylic acids is 1. The zero-order chi connectivity index (χ0) is 14.9. The van der Waals surface area contributed by atoms with E-state index in [1.807, 2.05) is 48.5 Å². The minimum Gasteiger partial charge on any atom is -0.497 e. The molecule has 2 aromatic carbocycles. The molecule has 0 heterocycles. The molecule has 0 radical (unpaired) electrons. The van der Waals surface area contributed by atoms with Gasteiger partial charge >= 0.3 is 0 Å². The monoisotopic (exact) mass is 282 g/mol. The standard InChI is InChI=1S/C17H18N2O2/c1-21-14-7-4-6-13(11-14)19-17(16(18)20)10-9-12-5-2-3-8-15(12)17/h2-8,11,19H,9-10H2,1H3,(H2,18,20). The first kappa shape index (κ1) is 13.5. The van der Waals surface area contributed by atoms with E-state index >= 15 is 0 Å². The number of nitrogens with one attached hydrogen (secondary N) is 1. The molecule has 2 aromatic rings. The number of benzene rings is 2. The van der Waals surface area contributed by atoms with Crippen LogP contribution in [0, 0.1) is 0 Å². The lowest BCUT2D eigenvalue weighted by Gasteiger charge is -2.29. The summed E-state index contributed by atoms with van der Waals surface area (Å²) in [5.41, 5.74) is 7.86. The Morgan fingerprint density at radius 1 is 1.24 bits per heavy atom. The summed E-state index contributed by atoms with van der Waals surface area (Å²) in [5.74, 6) is 0.390. The minimum atomic E-state index is -0.844. The van der Waals surface area contributed by atoms with E-state index in [-0.39, 0.29) is 5.91 Å². The van der Waals surface area contributed by atoms with Gasteiger partial charge < -0.3 is 15.8 Å². The van der Waals surface area contributed by atoms with Crippen molar-refractivity contribution in [1.29, 1.82) is 0 Å². The third kappa shape index (κ3) is 2.23. The van der Waals surface area contributed by atoms with Crippen LogP contribution in [0.1, 0.15) is 17.5 Å². The number of hydrogen-bond acceptors (Lipinski definition) is 3. The van der Waals surface area contributed by atoms with Crippen LogP contribution in [0.15, 0.2) is 48.5 Å². The molecule has 0 aliphatic heterocycles. The molecule has 0 saturated carbocycles. The Morgan fingerprint density at radius 2 is 2.05 bits per heavy atom. The lowest BCUT2D eigenvalue weighted by Crippen LogP contribution is -2.46. The summed E-state index contributed by atoms with van der Waals surface area (Å²) in [6, 6.07) is 15.5. The van der Waals surface area contributed by atoms with Crippen molar-refractivity contribution in [1.82, 2.24) is 0 Å². The molecule has 21 heavy (non-hydrogen) atoms. The zero-order valence-corrected chi connectivity index (χ0v) is 11.9. The van der Waals surface area contributed by atoms with Gasteiger partial charge in [-0.2, -0.15) is 0 Å². The fourth-order valence-electron chi connectivity index (χ4n) is 3.01. The van der Waals surface area contributed by atoms with E-state index in [9.17, 15) is 4.79 Å².